The fraction of sp³-hybridized carbons (Fsp3) is 0.438. The van der Waals surface area contributed by atoms with Crippen LogP contribution in [0.25, 0.3) is 10.2 Å². The van der Waals surface area contributed by atoms with Gasteiger partial charge in [0.05, 0.1) is 5.69 Å². The number of thiophene rings is 1. The number of rotatable bonds is 3. The minimum absolute atomic E-state index is 0.845. The maximum absolute atomic E-state index is 5.25. The quantitative estimate of drug-likeness (QED) is 0.523. The first kappa shape index (κ1) is 14.2. The zero-order valence-corrected chi connectivity index (χ0v) is 14.3. The Morgan fingerprint density at radius 1 is 1.23 bits per heavy atom. The van der Waals surface area contributed by atoms with Crippen molar-refractivity contribution >= 4 is 33.3 Å². The maximum atomic E-state index is 5.25. The van der Waals surface area contributed by atoms with Gasteiger partial charge in [-0.3, -0.25) is 0 Å². The van der Waals surface area contributed by atoms with E-state index < -0.39 is 0 Å². The molecule has 0 bridgehead atoms. The number of hydrogen-bond acceptors (Lipinski definition) is 6. The van der Waals surface area contributed by atoms with Crippen LogP contribution in [0.4, 0.5) is 0 Å². The molecule has 3 heterocycles. The third-order valence-corrected chi connectivity index (χ3v) is 6.47. The van der Waals surface area contributed by atoms with E-state index in [-0.39, 0.29) is 0 Å². The minimum atomic E-state index is 0.845. The van der Waals surface area contributed by atoms with Crippen molar-refractivity contribution in [3.63, 3.8) is 0 Å². The van der Waals surface area contributed by atoms with Gasteiger partial charge in [-0.25, -0.2) is 9.97 Å². The first-order chi connectivity index (χ1) is 10.7. The van der Waals surface area contributed by atoms with Crippen LogP contribution in [-0.4, -0.2) is 15.1 Å². The molecule has 1 aliphatic carbocycles. The minimum Gasteiger partial charge on any atom is -0.361 e. The molecule has 1 aliphatic rings. The molecule has 4 rings (SSSR count). The van der Waals surface area contributed by atoms with Crippen molar-refractivity contribution in [1.29, 1.82) is 0 Å². The maximum Gasteiger partial charge on any atom is 0.137 e. The summed E-state index contributed by atoms with van der Waals surface area (Å²) in [5.74, 6) is 1.75. The van der Waals surface area contributed by atoms with Gasteiger partial charge in [-0.1, -0.05) is 5.16 Å². The number of thioether (sulfide) groups is 1. The van der Waals surface area contributed by atoms with Crippen LogP contribution in [0.2, 0.25) is 0 Å². The lowest BCUT2D eigenvalue weighted by molar-refractivity contribution is 0.392. The van der Waals surface area contributed by atoms with Gasteiger partial charge >= 0.3 is 0 Å². The first-order valence-electron chi connectivity index (χ1n) is 7.54. The molecule has 6 heteroatoms. The van der Waals surface area contributed by atoms with E-state index in [1.54, 1.807) is 18.1 Å². The van der Waals surface area contributed by atoms with E-state index in [1.165, 1.54) is 47.1 Å². The Kier molecular flexibility index (Phi) is 3.66. The average molecular weight is 331 g/mol. The van der Waals surface area contributed by atoms with Crippen LogP contribution in [0.1, 0.15) is 40.3 Å². The van der Waals surface area contributed by atoms with Crippen molar-refractivity contribution in [2.75, 3.05) is 0 Å². The number of aromatic nitrogens is 3. The second-order valence-electron chi connectivity index (χ2n) is 5.66. The molecule has 3 aromatic rings. The number of hydrogen-bond donors (Lipinski definition) is 0. The van der Waals surface area contributed by atoms with E-state index in [4.69, 9.17) is 4.52 Å². The molecule has 0 atom stereocenters. The number of aryl methyl sites for hydroxylation is 4. The highest BCUT2D eigenvalue weighted by atomic mass is 32.2. The fourth-order valence-electron chi connectivity index (χ4n) is 3.02. The topological polar surface area (TPSA) is 51.8 Å². The summed E-state index contributed by atoms with van der Waals surface area (Å²) in [6.45, 7) is 3.96. The normalized spacial score (nSPS) is 14.5. The van der Waals surface area contributed by atoms with Crippen LogP contribution >= 0.6 is 23.1 Å². The number of nitrogens with zero attached hydrogens (tertiary/aromatic N) is 3. The summed E-state index contributed by atoms with van der Waals surface area (Å²) in [5.41, 5.74) is 3.65. The highest BCUT2D eigenvalue weighted by Crippen LogP contribution is 2.40. The summed E-state index contributed by atoms with van der Waals surface area (Å²) < 4.78 is 5.25. The van der Waals surface area contributed by atoms with E-state index >= 15 is 0 Å². The monoisotopic (exact) mass is 331 g/mol. The summed E-state index contributed by atoms with van der Waals surface area (Å²) >= 11 is 3.62. The first-order valence-corrected chi connectivity index (χ1v) is 9.34. The molecule has 0 aliphatic heterocycles. The Morgan fingerprint density at radius 2 is 2.09 bits per heavy atom. The predicted molar refractivity (Wildman–Crippen MR) is 89.6 cm³/mol. The second-order valence-corrected chi connectivity index (χ2v) is 7.71. The average Bonchev–Trinajstić information content (AvgIpc) is 3.06. The molecule has 0 fully saturated rings. The molecule has 0 aromatic carbocycles. The van der Waals surface area contributed by atoms with Gasteiger partial charge in [-0.05, 0) is 45.1 Å². The van der Waals surface area contributed by atoms with Crippen LogP contribution in [0.5, 0.6) is 0 Å². The molecule has 0 amide bonds. The van der Waals surface area contributed by atoms with Crippen molar-refractivity contribution in [2.24, 2.45) is 0 Å². The van der Waals surface area contributed by atoms with Gasteiger partial charge < -0.3 is 4.52 Å². The Bertz CT molecular complexity index is 818. The molecule has 4 nitrogen and oxygen atoms in total. The van der Waals surface area contributed by atoms with E-state index in [0.29, 0.717) is 0 Å². The van der Waals surface area contributed by atoms with Crippen LogP contribution in [-0.2, 0) is 18.6 Å². The van der Waals surface area contributed by atoms with Crippen molar-refractivity contribution in [1.82, 2.24) is 15.1 Å². The molecule has 0 radical (unpaired) electrons. The summed E-state index contributed by atoms with van der Waals surface area (Å²) in [4.78, 5) is 11.7. The third-order valence-electron chi connectivity index (χ3n) is 4.25. The van der Waals surface area contributed by atoms with Gasteiger partial charge in [-0.15, -0.1) is 23.1 Å². The van der Waals surface area contributed by atoms with Gasteiger partial charge in [-0.2, -0.15) is 0 Å². The molecular weight excluding hydrogens is 314 g/mol. The molecule has 0 N–H and O–H groups in total. The van der Waals surface area contributed by atoms with Gasteiger partial charge in [0.2, 0.25) is 0 Å². The predicted octanol–water partition coefficient (Wildman–Crippen LogP) is 4.47. The van der Waals surface area contributed by atoms with E-state index in [0.717, 1.165) is 27.1 Å². The van der Waals surface area contributed by atoms with E-state index in [1.807, 2.05) is 25.2 Å². The van der Waals surface area contributed by atoms with Crippen LogP contribution in [0.3, 0.4) is 0 Å². The Morgan fingerprint density at radius 3 is 2.91 bits per heavy atom. The van der Waals surface area contributed by atoms with E-state index in [2.05, 4.69) is 15.1 Å². The smallest absolute Gasteiger partial charge is 0.137 e. The van der Waals surface area contributed by atoms with E-state index in [9.17, 15) is 0 Å². The Labute approximate surface area is 137 Å². The highest BCUT2D eigenvalue weighted by molar-refractivity contribution is 7.98. The highest BCUT2D eigenvalue weighted by Gasteiger charge is 2.20. The van der Waals surface area contributed by atoms with Crippen molar-refractivity contribution in [2.45, 2.75) is 50.3 Å². The lowest BCUT2D eigenvalue weighted by Crippen LogP contribution is -1.99. The summed E-state index contributed by atoms with van der Waals surface area (Å²) in [6.07, 6.45) is 6.64. The van der Waals surface area contributed by atoms with Gasteiger partial charge in [0, 0.05) is 21.6 Å². The fourth-order valence-corrected chi connectivity index (χ4v) is 5.49. The molecule has 3 aromatic heterocycles. The number of fused-ring (bicyclic) bond motifs is 3. The van der Waals surface area contributed by atoms with Crippen molar-refractivity contribution in [3.05, 3.63) is 33.8 Å². The molecule has 0 saturated heterocycles. The summed E-state index contributed by atoms with van der Waals surface area (Å²) in [5, 5.41) is 6.42. The molecule has 0 saturated carbocycles. The standard InChI is InChI=1S/C16H17N3OS2/c1-9-12(10(2)20-19-9)7-21-15-14-11-5-3-4-6-13(11)22-16(14)18-8-17-15/h8H,3-7H2,1-2H3. The molecule has 114 valence electrons. The third kappa shape index (κ3) is 2.34. The lowest BCUT2D eigenvalue weighted by Gasteiger charge is -2.11. The Balaban J connectivity index is 1.71. The summed E-state index contributed by atoms with van der Waals surface area (Å²) in [7, 11) is 0. The van der Waals surface area contributed by atoms with Crippen molar-refractivity contribution in [3.8, 4) is 0 Å². The van der Waals surface area contributed by atoms with Gasteiger partial charge in [0.25, 0.3) is 0 Å². The lowest BCUT2D eigenvalue weighted by atomic mass is 9.97. The van der Waals surface area contributed by atoms with Gasteiger partial charge in [0.1, 0.15) is 21.9 Å². The summed E-state index contributed by atoms with van der Waals surface area (Å²) in [6, 6.07) is 0. The zero-order valence-electron chi connectivity index (χ0n) is 12.7. The van der Waals surface area contributed by atoms with Crippen LogP contribution in [0, 0.1) is 13.8 Å². The Hall–Kier alpha value is -1.40. The molecule has 22 heavy (non-hydrogen) atoms. The molecule has 0 spiro atoms. The largest absolute Gasteiger partial charge is 0.361 e. The molecule has 0 unspecified atom stereocenters. The molecular formula is C16H17N3OS2. The van der Waals surface area contributed by atoms with Crippen LogP contribution < -0.4 is 0 Å². The second kappa shape index (κ2) is 5.66. The van der Waals surface area contributed by atoms with Crippen molar-refractivity contribution < 1.29 is 4.52 Å². The van der Waals surface area contributed by atoms with Gasteiger partial charge in [0.15, 0.2) is 0 Å². The SMILES string of the molecule is Cc1noc(C)c1CSc1ncnc2sc3c(c12)CCCC3. The zero-order chi connectivity index (χ0) is 15.1. The van der Waals surface area contributed by atoms with Crippen LogP contribution in [0.15, 0.2) is 15.9 Å².